The average molecular weight is 325 g/mol. The molecule has 0 radical (unpaired) electrons. The Morgan fingerprint density at radius 2 is 2.12 bits per heavy atom. The lowest BCUT2D eigenvalue weighted by molar-refractivity contribution is 0.0494. The predicted molar refractivity (Wildman–Crippen MR) is 88.5 cm³/mol. The molecule has 1 aliphatic carbocycles. The lowest BCUT2D eigenvalue weighted by Gasteiger charge is -2.31. The number of carbonyl (C=O) groups is 1. The molecule has 0 bridgehead atoms. The van der Waals surface area contributed by atoms with Crippen LogP contribution >= 0.6 is 0 Å². The first-order chi connectivity index (χ1) is 11.6. The van der Waals surface area contributed by atoms with E-state index in [1.54, 1.807) is 0 Å². The molecule has 0 saturated heterocycles. The van der Waals surface area contributed by atoms with E-state index in [4.69, 9.17) is 5.73 Å². The number of anilines is 2. The minimum atomic E-state index is -0.673. The Bertz CT molecular complexity index is 765. The van der Waals surface area contributed by atoms with Crippen molar-refractivity contribution in [3.8, 4) is 6.07 Å². The number of amides is 1. The van der Waals surface area contributed by atoms with Crippen LogP contribution in [0.3, 0.4) is 0 Å². The molecule has 7 nitrogen and oxygen atoms in total. The van der Waals surface area contributed by atoms with Crippen molar-refractivity contribution in [2.45, 2.75) is 31.4 Å². The molecule has 1 amide bonds. The first-order valence-corrected chi connectivity index (χ1v) is 7.89. The molecule has 4 N–H and O–H groups in total. The molecule has 124 valence electrons. The molecule has 24 heavy (non-hydrogen) atoms. The standard InChI is InChI=1S/C17H19N5O2/c18-9-11-5-4-8-14(23)15(11)22-10-13(16(19)24)17(21-22)20-12-6-2-1-3-7-12/h1-3,6-7,10-11,14-15,23H,4-5,8H2,(H2,19,24)(H,20,21)/t11-,14-,15?/m1/s1. The normalized spacial score (nSPS) is 23.4. The van der Waals surface area contributed by atoms with Gasteiger partial charge in [-0.15, -0.1) is 0 Å². The minimum Gasteiger partial charge on any atom is -0.391 e. The third-order valence-electron chi connectivity index (χ3n) is 4.33. The Morgan fingerprint density at radius 1 is 1.38 bits per heavy atom. The molecule has 1 aromatic carbocycles. The second-order valence-corrected chi connectivity index (χ2v) is 5.95. The number of primary amides is 1. The van der Waals surface area contributed by atoms with E-state index in [0.29, 0.717) is 18.7 Å². The summed E-state index contributed by atoms with van der Waals surface area (Å²) in [7, 11) is 0. The van der Waals surface area contributed by atoms with Crippen LogP contribution in [0.15, 0.2) is 36.5 Å². The third-order valence-corrected chi connectivity index (χ3v) is 4.33. The Hall–Kier alpha value is -2.85. The van der Waals surface area contributed by atoms with E-state index in [9.17, 15) is 15.2 Å². The van der Waals surface area contributed by atoms with E-state index >= 15 is 0 Å². The van der Waals surface area contributed by atoms with Gasteiger partial charge in [0.25, 0.3) is 5.91 Å². The summed E-state index contributed by atoms with van der Waals surface area (Å²) in [5, 5.41) is 27.1. The number of nitrogens with zero attached hydrogens (tertiary/aromatic N) is 3. The maximum atomic E-state index is 11.7. The SMILES string of the molecule is N#C[C@H]1CCC[C@@H](O)C1n1cc(C(N)=O)c(Nc2ccccc2)n1. The highest BCUT2D eigenvalue weighted by Gasteiger charge is 2.35. The van der Waals surface area contributed by atoms with Crippen molar-refractivity contribution in [1.82, 2.24) is 9.78 Å². The molecule has 1 aliphatic rings. The summed E-state index contributed by atoms with van der Waals surface area (Å²) in [5.74, 6) is -0.638. The molecule has 1 saturated carbocycles. The number of nitrogens with one attached hydrogen (secondary N) is 1. The Balaban J connectivity index is 1.96. The summed E-state index contributed by atoms with van der Waals surface area (Å²) in [6, 6.07) is 11.0. The fourth-order valence-corrected chi connectivity index (χ4v) is 3.13. The fraction of sp³-hybridized carbons (Fsp3) is 0.353. The van der Waals surface area contributed by atoms with Crippen LogP contribution in [0.25, 0.3) is 0 Å². The molecule has 3 rings (SSSR count). The molecular weight excluding hydrogens is 306 g/mol. The Labute approximate surface area is 139 Å². The lowest BCUT2D eigenvalue weighted by Crippen LogP contribution is -2.34. The van der Waals surface area contributed by atoms with Crippen molar-refractivity contribution < 1.29 is 9.90 Å². The molecule has 1 unspecified atom stereocenters. The van der Waals surface area contributed by atoms with Crippen molar-refractivity contribution in [1.29, 1.82) is 5.26 Å². The van der Waals surface area contributed by atoms with Crippen LogP contribution in [0.5, 0.6) is 0 Å². The highest BCUT2D eigenvalue weighted by Crippen LogP contribution is 2.34. The van der Waals surface area contributed by atoms with Gasteiger partial charge >= 0.3 is 0 Å². The first kappa shape index (κ1) is 16.0. The maximum Gasteiger partial charge on any atom is 0.254 e. The van der Waals surface area contributed by atoms with Gasteiger partial charge in [-0.25, -0.2) is 0 Å². The van der Waals surface area contributed by atoms with Crippen molar-refractivity contribution in [2.24, 2.45) is 11.7 Å². The van der Waals surface area contributed by atoms with Gasteiger partial charge in [0.05, 0.1) is 24.1 Å². The van der Waals surface area contributed by atoms with Gasteiger partial charge in [-0.2, -0.15) is 10.4 Å². The number of aliphatic hydroxyl groups excluding tert-OH is 1. The van der Waals surface area contributed by atoms with Gasteiger partial charge in [0.15, 0.2) is 5.82 Å². The first-order valence-electron chi connectivity index (χ1n) is 7.89. The zero-order chi connectivity index (χ0) is 17.1. The van der Waals surface area contributed by atoms with Gasteiger partial charge in [-0.05, 0) is 31.4 Å². The number of para-hydroxylation sites is 1. The van der Waals surface area contributed by atoms with Crippen LogP contribution in [-0.2, 0) is 0 Å². The number of rotatable bonds is 4. The molecule has 0 aliphatic heterocycles. The molecule has 1 fully saturated rings. The summed E-state index contributed by atoms with van der Waals surface area (Å²) in [6.07, 6.45) is 2.95. The highest BCUT2D eigenvalue weighted by atomic mass is 16.3. The summed E-state index contributed by atoms with van der Waals surface area (Å²) in [4.78, 5) is 11.7. The number of hydrogen-bond acceptors (Lipinski definition) is 5. The second kappa shape index (κ2) is 6.72. The summed E-state index contributed by atoms with van der Waals surface area (Å²) in [5.41, 5.74) is 6.45. The van der Waals surface area contributed by atoms with E-state index in [1.165, 1.54) is 10.9 Å². The molecular formula is C17H19N5O2. The monoisotopic (exact) mass is 325 g/mol. The highest BCUT2D eigenvalue weighted by molar-refractivity contribution is 5.98. The maximum absolute atomic E-state index is 11.7. The number of aromatic nitrogens is 2. The largest absolute Gasteiger partial charge is 0.391 e. The topological polar surface area (TPSA) is 117 Å². The van der Waals surface area contributed by atoms with Crippen molar-refractivity contribution in [2.75, 3.05) is 5.32 Å². The van der Waals surface area contributed by atoms with Crippen molar-refractivity contribution >= 4 is 17.4 Å². The number of benzene rings is 1. The summed E-state index contributed by atoms with van der Waals surface area (Å²) >= 11 is 0. The van der Waals surface area contributed by atoms with Gasteiger partial charge in [0.2, 0.25) is 0 Å². The number of nitriles is 1. The van der Waals surface area contributed by atoms with Gasteiger partial charge in [0.1, 0.15) is 5.56 Å². The molecule has 3 atom stereocenters. The van der Waals surface area contributed by atoms with Gasteiger partial charge in [-0.3, -0.25) is 9.48 Å². The van der Waals surface area contributed by atoms with Crippen molar-refractivity contribution in [3.05, 3.63) is 42.1 Å². The molecule has 2 aromatic rings. The number of hydrogen-bond donors (Lipinski definition) is 3. The van der Waals surface area contributed by atoms with Crippen LogP contribution < -0.4 is 11.1 Å². The number of aliphatic hydroxyl groups is 1. The number of nitrogens with two attached hydrogens (primary N) is 1. The van der Waals surface area contributed by atoms with Gasteiger partial charge in [0, 0.05) is 11.9 Å². The van der Waals surface area contributed by atoms with Gasteiger partial charge in [-0.1, -0.05) is 18.2 Å². The molecule has 0 spiro atoms. The summed E-state index contributed by atoms with van der Waals surface area (Å²) < 4.78 is 1.50. The van der Waals surface area contributed by atoms with Gasteiger partial charge < -0.3 is 16.2 Å². The quantitative estimate of drug-likeness (QED) is 0.794. The van der Waals surface area contributed by atoms with E-state index < -0.39 is 18.1 Å². The third kappa shape index (κ3) is 3.09. The van der Waals surface area contributed by atoms with Crippen molar-refractivity contribution in [3.63, 3.8) is 0 Å². The van der Waals surface area contributed by atoms with Crippen LogP contribution in [0.1, 0.15) is 35.7 Å². The van der Waals surface area contributed by atoms with Crippen LogP contribution in [0, 0.1) is 17.2 Å². The Kier molecular flexibility index (Phi) is 4.49. The average Bonchev–Trinajstić information content (AvgIpc) is 2.99. The fourth-order valence-electron chi connectivity index (χ4n) is 3.13. The Morgan fingerprint density at radius 3 is 2.79 bits per heavy atom. The summed E-state index contributed by atoms with van der Waals surface area (Å²) in [6.45, 7) is 0. The van der Waals surface area contributed by atoms with Crippen LogP contribution in [0.2, 0.25) is 0 Å². The zero-order valence-corrected chi connectivity index (χ0v) is 13.1. The van der Waals surface area contributed by atoms with E-state index in [-0.39, 0.29) is 11.5 Å². The van der Waals surface area contributed by atoms with E-state index in [2.05, 4.69) is 16.5 Å². The zero-order valence-electron chi connectivity index (χ0n) is 13.1. The molecule has 7 heteroatoms. The van der Waals surface area contributed by atoms with Crippen LogP contribution in [-0.4, -0.2) is 26.9 Å². The predicted octanol–water partition coefficient (Wildman–Crippen LogP) is 1.95. The van der Waals surface area contributed by atoms with Crippen LogP contribution in [0.4, 0.5) is 11.5 Å². The smallest absolute Gasteiger partial charge is 0.254 e. The second-order valence-electron chi connectivity index (χ2n) is 5.95. The number of carbonyl (C=O) groups excluding carboxylic acids is 1. The minimum absolute atomic E-state index is 0.230. The van der Waals surface area contributed by atoms with E-state index in [0.717, 1.165) is 12.1 Å². The molecule has 1 heterocycles. The lowest BCUT2D eigenvalue weighted by atomic mass is 9.83. The molecule has 1 aromatic heterocycles. The van der Waals surface area contributed by atoms with E-state index in [1.807, 2.05) is 30.3 Å².